The van der Waals surface area contributed by atoms with Crippen LogP contribution >= 0.6 is 0 Å². The highest BCUT2D eigenvalue weighted by molar-refractivity contribution is 6.04. The van der Waals surface area contributed by atoms with E-state index in [0.717, 1.165) is 24.3 Å². The number of alkyl halides is 6. The molecule has 0 radical (unpaired) electrons. The van der Waals surface area contributed by atoms with Crippen LogP contribution in [0.4, 0.5) is 49.1 Å². The summed E-state index contributed by atoms with van der Waals surface area (Å²) in [4.78, 5) is 12.7. The highest BCUT2D eigenvalue weighted by Crippen LogP contribution is 2.57. The average Bonchev–Trinajstić information content (AvgIpc) is 2.89. The highest BCUT2D eigenvalue weighted by Gasteiger charge is 2.72. The Morgan fingerprint density at radius 1 is 0.690 bits per heavy atom. The lowest BCUT2D eigenvalue weighted by Gasteiger charge is -2.38. The molecule has 0 unspecified atom stereocenters. The summed E-state index contributed by atoms with van der Waals surface area (Å²) in [7, 11) is 0. The van der Waals surface area contributed by atoms with Gasteiger partial charge in [0.25, 0.3) is 5.91 Å². The molecule has 42 heavy (non-hydrogen) atoms. The molecule has 11 heteroatoms. The minimum atomic E-state index is -5.83. The van der Waals surface area contributed by atoms with Gasteiger partial charge < -0.3 is 22.1 Å². The molecule has 0 aromatic heterocycles. The number of aryl methyl sites for hydroxylation is 1. The molecule has 0 saturated carbocycles. The first-order chi connectivity index (χ1) is 19.6. The largest absolute Gasteiger partial charge is 0.411 e. The molecule has 0 fully saturated rings. The van der Waals surface area contributed by atoms with Crippen molar-refractivity contribution in [2.45, 2.75) is 24.7 Å². The Morgan fingerprint density at radius 3 is 1.83 bits per heavy atom. The van der Waals surface area contributed by atoms with Crippen molar-refractivity contribution >= 4 is 34.4 Å². The monoisotopic (exact) mass is 584 g/mol. The van der Waals surface area contributed by atoms with Crippen molar-refractivity contribution in [3.05, 3.63) is 125 Å². The molecule has 6 N–H and O–H groups in total. The van der Waals surface area contributed by atoms with E-state index in [1.807, 2.05) is 0 Å². The first-order valence-corrected chi connectivity index (χ1v) is 12.5. The third kappa shape index (κ3) is 5.76. The normalized spacial score (nSPS) is 12.1. The molecule has 4 rings (SSSR count). The molecule has 0 aliphatic heterocycles. The summed E-state index contributed by atoms with van der Waals surface area (Å²) in [5.41, 5.74) is 6.38. The Kier molecular flexibility index (Phi) is 7.98. The summed E-state index contributed by atoms with van der Waals surface area (Å²) >= 11 is 0. The van der Waals surface area contributed by atoms with Gasteiger partial charge in [-0.15, -0.1) is 0 Å². The third-order valence-corrected chi connectivity index (χ3v) is 6.74. The van der Waals surface area contributed by atoms with Crippen LogP contribution in [0.25, 0.3) is 5.70 Å². The van der Waals surface area contributed by atoms with E-state index in [-0.39, 0.29) is 28.3 Å². The van der Waals surface area contributed by atoms with Gasteiger partial charge in [-0.2, -0.15) is 26.3 Å². The average molecular weight is 585 g/mol. The number of benzene rings is 4. The van der Waals surface area contributed by atoms with E-state index in [0.29, 0.717) is 22.9 Å². The van der Waals surface area contributed by atoms with E-state index in [1.165, 1.54) is 43.3 Å². The molecule has 0 spiro atoms. The maximum atomic E-state index is 14.9. The molecule has 0 bridgehead atoms. The Hall–Kier alpha value is -4.93. The van der Waals surface area contributed by atoms with E-state index in [2.05, 4.69) is 17.2 Å². The van der Waals surface area contributed by atoms with Crippen molar-refractivity contribution in [3.8, 4) is 0 Å². The summed E-state index contributed by atoms with van der Waals surface area (Å²) in [6, 6.07) is 18.6. The summed E-state index contributed by atoms with van der Waals surface area (Å²) in [6.45, 7) is 5.40. The SMILES string of the molecule is C=C(Nc1cc(C(c2cccc(NC(=O)c3cccc(N)c3)c2)(C(F)(F)F)C(F)(F)F)ccc1C)c1cccc(N)c1. The van der Waals surface area contributed by atoms with Crippen LogP contribution in [0.2, 0.25) is 0 Å². The maximum Gasteiger partial charge on any atom is 0.411 e. The number of amides is 1. The van der Waals surface area contributed by atoms with E-state index in [1.54, 1.807) is 24.3 Å². The van der Waals surface area contributed by atoms with Crippen molar-refractivity contribution in [3.63, 3.8) is 0 Å². The van der Waals surface area contributed by atoms with Gasteiger partial charge in [0, 0.05) is 34.0 Å². The number of nitrogens with two attached hydrogens (primary N) is 2. The quantitative estimate of drug-likeness (QED) is 0.131. The molecular weight excluding hydrogens is 558 g/mol. The Bertz CT molecular complexity index is 1630. The number of rotatable bonds is 7. The van der Waals surface area contributed by atoms with Crippen LogP contribution in [0.1, 0.15) is 32.6 Å². The van der Waals surface area contributed by atoms with Crippen molar-refractivity contribution in [2.75, 3.05) is 22.1 Å². The predicted octanol–water partition coefficient (Wildman–Crippen LogP) is 7.91. The number of nitrogens with one attached hydrogen (secondary N) is 2. The first-order valence-electron chi connectivity index (χ1n) is 12.5. The molecule has 0 aliphatic rings. The molecule has 0 atom stereocenters. The smallest absolute Gasteiger partial charge is 0.399 e. The number of halogens is 6. The van der Waals surface area contributed by atoms with Gasteiger partial charge in [0.05, 0.1) is 0 Å². The van der Waals surface area contributed by atoms with E-state index >= 15 is 0 Å². The summed E-state index contributed by atoms with van der Waals surface area (Å²) in [5.74, 6) is -0.758. The fourth-order valence-electron chi connectivity index (χ4n) is 4.65. The van der Waals surface area contributed by atoms with Crippen molar-refractivity contribution in [1.82, 2.24) is 0 Å². The van der Waals surface area contributed by atoms with E-state index in [9.17, 15) is 31.1 Å². The second kappa shape index (κ2) is 11.2. The standard InChI is InChI=1S/C31H26F6N4O/c1-18-12-13-23(17-27(18)40-19(2)20-6-3-9-24(38)14-20)29(30(32,33)34,31(35,36)37)22-8-5-11-26(16-22)41-28(42)21-7-4-10-25(39)15-21/h3-17,40H,2,38-39H2,1H3,(H,41,42). The number of anilines is 4. The minimum Gasteiger partial charge on any atom is -0.399 e. The van der Waals surface area contributed by atoms with E-state index < -0.39 is 34.8 Å². The molecule has 0 heterocycles. The predicted molar refractivity (Wildman–Crippen MR) is 153 cm³/mol. The van der Waals surface area contributed by atoms with Crippen molar-refractivity contribution in [2.24, 2.45) is 0 Å². The van der Waals surface area contributed by atoms with Gasteiger partial charge in [-0.1, -0.05) is 49.0 Å². The molecule has 5 nitrogen and oxygen atoms in total. The van der Waals surface area contributed by atoms with Gasteiger partial charge in [0.15, 0.2) is 0 Å². The highest BCUT2D eigenvalue weighted by atomic mass is 19.4. The maximum absolute atomic E-state index is 14.9. The fourth-order valence-corrected chi connectivity index (χ4v) is 4.65. The third-order valence-electron chi connectivity index (χ3n) is 6.74. The zero-order valence-electron chi connectivity index (χ0n) is 22.2. The van der Waals surface area contributed by atoms with Crippen LogP contribution < -0.4 is 22.1 Å². The van der Waals surface area contributed by atoms with Crippen LogP contribution in [0.3, 0.4) is 0 Å². The summed E-state index contributed by atoms with van der Waals surface area (Å²) < 4.78 is 89.3. The van der Waals surface area contributed by atoms with Crippen LogP contribution in [-0.2, 0) is 5.41 Å². The second-order valence-electron chi connectivity index (χ2n) is 9.66. The van der Waals surface area contributed by atoms with Crippen molar-refractivity contribution < 1.29 is 31.1 Å². The summed E-state index contributed by atoms with van der Waals surface area (Å²) in [5, 5.41) is 5.19. The molecule has 1 amide bonds. The zero-order valence-corrected chi connectivity index (χ0v) is 22.2. The van der Waals surface area contributed by atoms with Crippen LogP contribution in [0, 0.1) is 6.92 Å². The molecule has 4 aromatic rings. The number of carbonyl (C=O) groups is 1. The number of hydrogen-bond acceptors (Lipinski definition) is 4. The summed E-state index contributed by atoms with van der Waals surface area (Å²) in [6.07, 6.45) is -11.7. The lowest BCUT2D eigenvalue weighted by molar-refractivity contribution is -0.288. The fraction of sp³-hybridized carbons (Fsp3) is 0.129. The van der Waals surface area contributed by atoms with Crippen molar-refractivity contribution in [1.29, 1.82) is 0 Å². The topological polar surface area (TPSA) is 93.2 Å². The van der Waals surface area contributed by atoms with Gasteiger partial charge in [0.1, 0.15) is 0 Å². The lowest BCUT2D eigenvalue weighted by atomic mass is 9.72. The van der Waals surface area contributed by atoms with Gasteiger partial charge in [-0.05, 0) is 77.7 Å². The Morgan fingerprint density at radius 2 is 1.24 bits per heavy atom. The molecule has 4 aromatic carbocycles. The van der Waals surface area contributed by atoms with Gasteiger partial charge in [-0.25, -0.2) is 0 Å². The van der Waals surface area contributed by atoms with E-state index in [4.69, 9.17) is 11.5 Å². The first kappa shape index (κ1) is 30.0. The Labute approximate surface area is 237 Å². The van der Waals surface area contributed by atoms with Crippen LogP contribution in [-0.4, -0.2) is 18.3 Å². The molecule has 0 aliphatic carbocycles. The van der Waals surface area contributed by atoms with Crippen LogP contribution in [0.5, 0.6) is 0 Å². The van der Waals surface area contributed by atoms with Crippen LogP contribution in [0.15, 0.2) is 97.6 Å². The second-order valence-corrected chi connectivity index (χ2v) is 9.66. The number of carbonyl (C=O) groups excluding carboxylic acids is 1. The number of hydrogen-bond donors (Lipinski definition) is 4. The Balaban J connectivity index is 1.82. The van der Waals surface area contributed by atoms with Gasteiger partial charge in [0.2, 0.25) is 5.41 Å². The zero-order chi connectivity index (χ0) is 30.9. The molecule has 218 valence electrons. The minimum absolute atomic E-state index is 0.0103. The molecule has 0 saturated heterocycles. The van der Waals surface area contributed by atoms with Gasteiger partial charge >= 0.3 is 12.4 Å². The molecular formula is C31H26F6N4O. The van der Waals surface area contributed by atoms with Gasteiger partial charge in [-0.3, -0.25) is 4.79 Å². The lowest BCUT2D eigenvalue weighted by Crippen LogP contribution is -2.54. The number of nitrogen functional groups attached to an aromatic ring is 2.